The predicted molar refractivity (Wildman–Crippen MR) is 85.2 cm³/mol. The molecule has 0 aliphatic heterocycles. The fraction of sp³-hybridized carbons (Fsp3) is 0.133. The van der Waals surface area contributed by atoms with Gasteiger partial charge in [0.15, 0.2) is 0 Å². The molecule has 2 aromatic rings. The molecule has 0 bridgehead atoms. The number of carbonyl (C=O) groups is 1. The summed E-state index contributed by atoms with van der Waals surface area (Å²) in [5, 5.41) is 2.31. The van der Waals surface area contributed by atoms with Crippen LogP contribution in [0.1, 0.15) is 5.56 Å². The summed E-state index contributed by atoms with van der Waals surface area (Å²) < 4.78 is 39.9. The maximum absolute atomic E-state index is 13.4. The number of hydrogen-bond donors (Lipinski definition) is 1. The summed E-state index contributed by atoms with van der Waals surface area (Å²) in [4.78, 5) is 11.7. The van der Waals surface area contributed by atoms with Crippen LogP contribution in [0.15, 0.2) is 40.9 Å². The zero-order valence-electron chi connectivity index (χ0n) is 11.2. The van der Waals surface area contributed by atoms with Crippen LogP contribution in [-0.4, -0.2) is 11.7 Å². The molecule has 0 aliphatic rings. The molecular formula is C15H11BrF3NOS. The highest BCUT2D eigenvalue weighted by molar-refractivity contribution is 9.10. The molecule has 7 heteroatoms. The van der Waals surface area contributed by atoms with Gasteiger partial charge in [0.1, 0.15) is 17.5 Å². The molecule has 0 aliphatic carbocycles. The topological polar surface area (TPSA) is 29.1 Å². The van der Waals surface area contributed by atoms with E-state index in [2.05, 4.69) is 21.2 Å². The summed E-state index contributed by atoms with van der Waals surface area (Å²) in [6, 6.07) is 7.16. The van der Waals surface area contributed by atoms with Gasteiger partial charge < -0.3 is 5.32 Å². The van der Waals surface area contributed by atoms with Gasteiger partial charge in [-0.15, -0.1) is 11.8 Å². The van der Waals surface area contributed by atoms with Gasteiger partial charge >= 0.3 is 0 Å². The Bertz CT molecular complexity index is 696. The Balaban J connectivity index is 1.86. The SMILES string of the molecule is O=C(CSCc1ccc(F)cc1Br)Nc1cc(F)ccc1F. The predicted octanol–water partition coefficient (Wildman–Crippen LogP) is 4.74. The molecule has 0 unspecified atom stereocenters. The van der Waals surface area contributed by atoms with Crippen LogP contribution in [0.4, 0.5) is 18.9 Å². The van der Waals surface area contributed by atoms with E-state index in [0.717, 1.165) is 23.8 Å². The minimum atomic E-state index is -0.693. The second kappa shape index (κ2) is 7.69. The summed E-state index contributed by atoms with van der Waals surface area (Å²) in [5.41, 5.74) is 0.657. The molecule has 0 atom stereocenters. The maximum Gasteiger partial charge on any atom is 0.234 e. The number of carbonyl (C=O) groups excluding carboxylic acids is 1. The van der Waals surface area contributed by atoms with Crippen molar-refractivity contribution in [3.05, 3.63) is 63.9 Å². The van der Waals surface area contributed by atoms with E-state index in [0.29, 0.717) is 10.2 Å². The molecule has 0 spiro atoms. The molecule has 116 valence electrons. The molecule has 0 saturated carbocycles. The number of nitrogens with one attached hydrogen (secondary N) is 1. The average molecular weight is 390 g/mol. The first kappa shape index (κ1) is 16.9. The van der Waals surface area contributed by atoms with Crippen LogP contribution in [0.5, 0.6) is 0 Å². The minimum absolute atomic E-state index is 0.0692. The number of hydrogen-bond acceptors (Lipinski definition) is 2. The lowest BCUT2D eigenvalue weighted by Gasteiger charge is -2.07. The molecule has 1 N–H and O–H groups in total. The second-order valence-corrected chi connectivity index (χ2v) is 6.24. The quantitative estimate of drug-likeness (QED) is 0.799. The zero-order chi connectivity index (χ0) is 16.1. The van der Waals surface area contributed by atoms with Crippen LogP contribution in [0.25, 0.3) is 0 Å². The van der Waals surface area contributed by atoms with Gasteiger partial charge in [-0.2, -0.15) is 0 Å². The number of halogens is 4. The van der Waals surface area contributed by atoms with Crippen molar-refractivity contribution in [1.29, 1.82) is 0 Å². The Labute approximate surface area is 138 Å². The van der Waals surface area contributed by atoms with Gasteiger partial charge in [0.2, 0.25) is 5.91 Å². The first-order chi connectivity index (χ1) is 10.5. The van der Waals surface area contributed by atoms with Crippen LogP contribution < -0.4 is 5.32 Å². The smallest absolute Gasteiger partial charge is 0.234 e. The van der Waals surface area contributed by atoms with Gasteiger partial charge in [0.25, 0.3) is 0 Å². The summed E-state index contributed by atoms with van der Waals surface area (Å²) in [6.07, 6.45) is 0. The average Bonchev–Trinajstić information content (AvgIpc) is 2.45. The molecule has 1 amide bonds. The van der Waals surface area contributed by atoms with E-state index in [1.165, 1.54) is 23.9 Å². The molecule has 2 nitrogen and oxygen atoms in total. The van der Waals surface area contributed by atoms with Gasteiger partial charge in [-0.3, -0.25) is 4.79 Å². The van der Waals surface area contributed by atoms with E-state index in [4.69, 9.17) is 0 Å². The summed E-state index contributed by atoms with van der Waals surface area (Å²) in [5.74, 6) is -1.55. The second-order valence-electron chi connectivity index (χ2n) is 4.40. The Hall–Kier alpha value is -1.47. The normalized spacial score (nSPS) is 10.5. The first-order valence-electron chi connectivity index (χ1n) is 6.22. The van der Waals surface area contributed by atoms with E-state index in [1.807, 2.05) is 0 Å². The molecule has 2 rings (SSSR count). The monoisotopic (exact) mass is 389 g/mol. The van der Waals surface area contributed by atoms with Crippen LogP contribution >= 0.6 is 27.7 Å². The third-order valence-corrected chi connectivity index (χ3v) is 4.43. The molecule has 0 saturated heterocycles. The first-order valence-corrected chi connectivity index (χ1v) is 8.17. The Morgan fingerprint density at radius 2 is 1.77 bits per heavy atom. The van der Waals surface area contributed by atoms with E-state index < -0.39 is 17.5 Å². The Kier molecular flexibility index (Phi) is 5.90. The molecule has 22 heavy (non-hydrogen) atoms. The van der Waals surface area contributed by atoms with E-state index in [9.17, 15) is 18.0 Å². The van der Waals surface area contributed by atoms with Gasteiger partial charge in [-0.25, -0.2) is 13.2 Å². The highest BCUT2D eigenvalue weighted by Gasteiger charge is 2.09. The number of benzene rings is 2. The molecular weight excluding hydrogens is 379 g/mol. The third-order valence-electron chi connectivity index (χ3n) is 2.71. The van der Waals surface area contributed by atoms with Crippen LogP contribution in [0.3, 0.4) is 0 Å². The van der Waals surface area contributed by atoms with Crippen molar-refractivity contribution < 1.29 is 18.0 Å². The van der Waals surface area contributed by atoms with E-state index in [-0.39, 0.29) is 17.3 Å². The number of thioether (sulfide) groups is 1. The van der Waals surface area contributed by atoms with Crippen molar-refractivity contribution in [2.24, 2.45) is 0 Å². The summed E-state index contributed by atoms with van der Waals surface area (Å²) in [6.45, 7) is 0. The standard InChI is InChI=1S/C15H11BrF3NOS/c16-12-5-10(17)2-1-9(12)7-22-8-15(21)20-14-6-11(18)3-4-13(14)19/h1-6H,7-8H2,(H,20,21). The zero-order valence-corrected chi connectivity index (χ0v) is 13.6. The summed E-state index contributed by atoms with van der Waals surface area (Å²) in [7, 11) is 0. The maximum atomic E-state index is 13.4. The van der Waals surface area contributed by atoms with Gasteiger partial charge in [0, 0.05) is 16.3 Å². The highest BCUT2D eigenvalue weighted by Crippen LogP contribution is 2.23. The molecule has 2 aromatic carbocycles. The molecule has 0 aromatic heterocycles. The third kappa shape index (κ3) is 4.78. The lowest BCUT2D eigenvalue weighted by molar-refractivity contribution is -0.113. The lowest BCUT2D eigenvalue weighted by Crippen LogP contribution is -2.15. The fourth-order valence-electron chi connectivity index (χ4n) is 1.67. The van der Waals surface area contributed by atoms with Gasteiger partial charge in [-0.05, 0) is 29.8 Å². The number of rotatable bonds is 5. The van der Waals surface area contributed by atoms with Crippen molar-refractivity contribution in [1.82, 2.24) is 0 Å². The van der Waals surface area contributed by atoms with Crippen molar-refractivity contribution in [2.45, 2.75) is 5.75 Å². The largest absolute Gasteiger partial charge is 0.323 e. The van der Waals surface area contributed by atoms with Gasteiger partial charge in [0.05, 0.1) is 11.4 Å². The Morgan fingerprint density at radius 3 is 2.50 bits per heavy atom. The van der Waals surface area contributed by atoms with Crippen molar-refractivity contribution >= 4 is 39.3 Å². The van der Waals surface area contributed by atoms with Crippen molar-refractivity contribution in [3.8, 4) is 0 Å². The number of anilines is 1. The van der Waals surface area contributed by atoms with E-state index >= 15 is 0 Å². The van der Waals surface area contributed by atoms with E-state index in [1.54, 1.807) is 6.07 Å². The highest BCUT2D eigenvalue weighted by atomic mass is 79.9. The number of amides is 1. The fourth-order valence-corrected chi connectivity index (χ4v) is 3.18. The van der Waals surface area contributed by atoms with Gasteiger partial charge in [-0.1, -0.05) is 22.0 Å². The van der Waals surface area contributed by atoms with Crippen LogP contribution in [0.2, 0.25) is 0 Å². The molecule has 0 heterocycles. The summed E-state index contributed by atoms with van der Waals surface area (Å²) >= 11 is 4.52. The van der Waals surface area contributed by atoms with Crippen molar-refractivity contribution in [2.75, 3.05) is 11.1 Å². The Morgan fingerprint density at radius 1 is 1.09 bits per heavy atom. The van der Waals surface area contributed by atoms with Crippen LogP contribution in [0, 0.1) is 17.5 Å². The molecule has 0 fully saturated rings. The lowest BCUT2D eigenvalue weighted by atomic mass is 10.2. The van der Waals surface area contributed by atoms with Crippen LogP contribution in [-0.2, 0) is 10.5 Å². The molecule has 0 radical (unpaired) electrons. The van der Waals surface area contributed by atoms with Crippen molar-refractivity contribution in [3.63, 3.8) is 0 Å². The minimum Gasteiger partial charge on any atom is -0.323 e.